The summed E-state index contributed by atoms with van der Waals surface area (Å²) >= 11 is 0. The molecule has 0 aromatic carbocycles. The smallest absolute Gasteiger partial charge is 0.260 e. The maximum atomic E-state index is 11.7. The molecule has 1 aromatic heterocycles. The Morgan fingerprint density at radius 1 is 1.50 bits per heavy atom. The van der Waals surface area contributed by atoms with Crippen LogP contribution < -0.4 is 10.9 Å². The van der Waals surface area contributed by atoms with Gasteiger partial charge in [0.2, 0.25) is 0 Å². The number of aliphatic hydroxyl groups is 1. The second kappa shape index (κ2) is 5.82. The summed E-state index contributed by atoms with van der Waals surface area (Å²) in [6.07, 6.45) is 1.43. The van der Waals surface area contributed by atoms with E-state index in [1.54, 1.807) is 6.07 Å². The quantitative estimate of drug-likeness (QED) is 0.744. The van der Waals surface area contributed by atoms with Gasteiger partial charge in [-0.15, -0.1) is 0 Å². The molecule has 1 amide bonds. The van der Waals surface area contributed by atoms with Crippen molar-refractivity contribution in [1.82, 2.24) is 10.3 Å². The summed E-state index contributed by atoms with van der Waals surface area (Å²) in [5, 5.41) is 12.3. The van der Waals surface area contributed by atoms with Gasteiger partial charge in [0.25, 0.3) is 11.5 Å². The third-order valence-corrected chi connectivity index (χ3v) is 2.41. The van der Waals surface area contributed by atoms with Crippen LogP contribution in [0.2, 0.25) is 0 Å². The lowest BCUT2D eigenvalue weighted by Crippen LogP contribution is -2.36. The maximum Gasteiger partial charge on any atom is 0.260 e. The fourth-order valence-corrected chi connectivity index (χ4v) is 1.69. The molecular formula is C13H20N2O3. The number of hydrogen-bond donors (Lipinski definition) is 3. The summed E-state index contributed by atoms with van der Waals surface area (Å²) in [7, 11) is 0. The molecule has 1 aromatic rings. The minimum absolute atomic E-state index is 0.00559. The van der Waals surface area contributed by atoms with Crippen molar-refractivity contribution in [2.75, 3.05) is 6.54 Å². The fourth-order valence-electron chi connectivity index (χ4n) is 1.69. The first-order chi connectivity index (χ1) is 8.29. The summed E-state index contributed by atoms with van der Waals surface area (Å²) in [6, 6.07) is 3.03. The van der Waals surface area contributed by atoms with Gasteiger partial charge in [-0.25, -0.2) is 0 Å². The number of hydrogen-bond acceptors (Lipinski definition) is 3. The van der Waals surface area contributed by atoms with E-state index in [1.165, 1.54) is 12.3 Å². The van der Waals surface area contributed by atoms with Crippen molar-refractivity contribution in [2.45, 2.75) is 33.3 Å². The van der Waals surface area contributed by atoms with E-state index in [9.17, 15) is 14.7 Å². The summed E-state index contributed by atoms with van der Waals surface area (Å²) in [6.45, 7) is 6.18. The number of aromatic nitrogens is 1. The van der Waals surface area contributed by atoms with E-state index in [4.69, 9.17) is 0 Å². The minimum atomic E-state index is -0.614. The van der Waals surface area contributed by atoms with Crippen LogP contribution in [0.4, 0.5) is 0 Å². The molecule has 1 atom stereocenters. The standard InChI is InChI=1S/C13H20N2O3/c1-13(2,3)7-9(16)8-15-12(18)10-5-4-6-14-11(10)17/h4-6,9,16H,7-8H2,1-3H3,(H,14,17)(H,15,18). The summed E-state index contributed by atoms with van der Waals surface area (Å²) in [4.78, 5) is 25.5. The van der Waals surface area contributed by atoms with Crippen LogP contribution in [0.3, 0.4) is 0 Å². The van der Waals surface area contributed by atoms with Gasteiger partial charge in [-0.3, -0.25) is 9.59 Å². The molecule has 0 fully saturated rings. The van der Waals surface area contributed by atoms with Crippen molar-refractivity contribution >= 4 is 5.91 Å². The van der Waals surface area contributed by atoms with Crippen LogP contribution in [0.1, 0.15) is 37.6 Å². The third-order valence-electron chi connectivity index (χ3n) is 2.41. The first-order valence-corrected chi connectivity index (χ1v) is 5.93. The molecule has 0 spiro atoms. The largest absolute Gasteiger partial charge is 0.391 e. The summed E-state index contributed by atoms with van der Waals surface area (Å²) in [5.41, 5.74) is -0.380. The molecule has 1 heterocycles. The number of pyridine rings is 1. The van der Waals surface area contributed by atoms with Crippen LogP contribution in [0.25, 0.3) is 0 Å². The van der Waals surface area contributed by atoms with Gasteiger partial charge in [0.1, 0.15) is 5.56 Å². The third kappa shape index (κ3) is 4.71. The molecule has 0 saturated carbocycles. The van der Waals surface area contributed by atoms with E-state index >= 15 is 0 Å². The average Bonchev–Trinajstić information content (AvgIpc) is 2.24. The number of aromatic amines is 1. The highest BCUT2D eigenvalue weighted by Crippen LogP contribution is 2.20. The predicted molar refractivity (Wildman–Crippen MR) is 69.5 cm³/mol. The molecule has 3 N–H and O–H groups in total. The van der Waals surface area contributed by atoms with Crippen LogP contribution in [-0.4, -0.2) is 28.6 Å². The van der Waals surface area contributed by atoms with Gasteiger partial charge in [0.05, 0.1) is 6.10 Å². The van der Waals surface area contributed by atoms with E-state index in [-0.39, 0.29) is 17.5 Å². The maximum absolute atomic E-state index is 11.7. The SMILES string of the molecule is CC(C)(C)CC(O)CNC(=O)c1ccc[nH]c1=O. The normalized spacial score (nSPS) is 13.1. The van der Waals surface area contributed by atoms with Crippen LogP contribution >= 0.6 is 0 Å². The number of carbonyl (C=O) groups is 1. The van der Waals surface area contributed by atoms with Crippen LogP contribution in [0, 0.1) is 5.41 Å². The van der Waals surface area contributed by atoms with Gasteiger partial charge in [-0.05, 0) is 24.0 Å². The molecule has 1 rings (SSSR count). The molecule has 18 heavy (non-hydrogen) atoms. The number of rotatable bonds is 4. The Morgan fingerprint density at radius 3 is 2.72 bits per heavy atom. The predicted octanol–water partition coefficient (Wildman–Crippen LogP) is 0.902. The lowest BCUT2D eigenvalue weighted by molar-refractivity contribution is 0.0867. The Labute approximate surface area is 106 Å². The topological polar surface area (TPSA) is 82.2 Å². The molecule has 0 aliphatic rings. The van der Waals surface area contributed by atoms with Gasteiger partial charge in [0, 0.05) is 12.7 Å². The van der Waals surface area contributed by atoms with Gasteiger partial charge >= 0.3 is 0 Å². The van der Waals surface area contributed by atoms with Gasteiger partial charge in [-0.1, -0.05) is 20.8 Å². The molecule has 100 valence electrons. The molecule has 5 heteroatoms. The highest BCUT2D eigenvalue weighted by atomic mass is 16.3. The molecule has 0 bridgehead atoms. The zero-order chi connectivity index (χ0) is 13.8. The minimum Gasteiger partial charge on any atom is -0.391 e. The Bertz CT molecular complexity index is 460. The zero-order valence-electron chi connectivity index (χ0n) is 11.0. The van der Waals surface area contributed by atoms with E-state index in [2.05, 4.69) is 10.3 Å². The van der Waals surface area contributed by atoms with Crippen molar-refractivity contribution in [3.05, 3.63) is 34.2 Å². The van der Waals surface area contributed by atoms with Crippen molar-refractivity contribution in [1.29, 1.82) is 0 Å². The molecule has 5 nitrogen and oxygen atoms in total. The van der Waals surface area contributed by atoms with Crippen LogP contribution in [0.5, 0.6) is 0 Å². The Hall–Kier alpha value is -1.62. The summed E-state index contributed by atoms with van der Waals surface area (Å²) < 4.78 is 0. The Morgan fingerprint density at radius 2 is 2.17 bits per heavy atom. The lowest BCUT2D eigenvalue weighted by atomic mass is 9.89. The Kier molecular flexibility index (Phi) is 4.67. The molecular weight excluding hydrogens is 232 g/mol. The van der Waals surface area contributed by atoms with E-state index in [0.717, 1.165) is 0 Å². The van der Waals surface area contributed by atoms with E-state index in [1.807, 2.05) is 20.8 Å². The highest BCUT2D eigenvalue weighted by Gasteiger charge is 2.18. The van der Waals surface area contributed by atoms with Crippen LogP contribution in [-0.2, 0) is 0 Å². The first-order valence-electron chi connectivity index (χ1n) is 5.93. The van der Waals surface area contributed by atoms with Crippen LogP contribution in [0.15, 0.2) is 23.1 Å². The highest BCUT2D eigenvalue weighted by molar-refractivity contribution is 5.93. The molecule has 0 saturated heterocycles. The molecule has 0 aliphatic heterocycles. The van der Waals surface area contributed by atoms with Gasteiger partial charge in [0.15, 0.2) is 0 Å². The molecule has 0 aliphatic carbocycles. The van der Waals surface area contributed by atoms with Crippen molar-refractivity contribution in [3.8, 4) is 0 Å². The van der Waals surface area contributed by atoms with E-state index in [0.29, 0.717) is 6.42 Å². The van der Waals surface area contributed by atoms with Crippen molar-refractivity contribution in [2.24, 2.45) is 5.41 Å². The number of carbonyl (C=O) groups excluding carboxylic acids is 1. The first kappa shape index (κ1) is 14.4. The number of H-pyrrole nitrogens is 1. The van der Waals surface area contributed by atoms with Gasteiger partial charge < -0.3 is 15.4 Å². The molecule has 1 unspecified atom stereocenters. The number of aliphatic hydroxyl groups excluding tert-OH is 1. The lowest BCUT2D eigenvalue weighted by Gasteiger charge is -2.22. The molecule has 0 radical (unpaired) electrons. The average molecular weight is 252 g/mol. The second-order valence-electron chi connectivity index (χ2n) is 5.54. The second-order valence-corrected chi connectivity index (χ2v) is 5.54. The van der Waals surface area contributed by atoms with Crippen molar-refractivity contribution in [3.63, 3.8) is 0 Å². The Balaban J connectivity index is 2.52. The zero-order valence-corrected chi connectivity index (χ0v) is 11.0. The monoisotopic (exact) mass is 252 g/mol. The van der Waals surface area contributed by atoms with Crippen molar-refractivity contribution < 1.29 is 9.90 Å². The number of amides is 1. The fraction of sp³-hybridized carbons (Fsp3) is 0.538. The van der Waals surface area contributed by atoms with E-state index < -0.39 is 17.6 Å². The summed E-state index contributed by atoms with van der Waals surface area (Å²) in [5.74, 6) is -0.468. The number of nitrogens with one attached hydrogen (secondary N) is 2. The van der Waals surface area contributed by atoms with Gasteiger partial charge in [-0.2, -0.15) is 0 Å².